The van der Waals surface area contributed by atoms with E-state index in [4.69, 9.17) is 0 Å². The fourth-order valence-corrected chi connectivity index (χ4v) is 2.66. The van der Waals surface area contributed by atoms with Crippen molar-refractivity contribution in [1.82, 2.24) is 0 Å². The van der Waals surface area contributed by atoms with Crippen molar-refractivity contribution in [2.45, 2.75) is 11.8 Å². The zero-order chi connectivity index (χ0) is 14.6. The van der Waals surface area contributed by atoms with Crippen LogP contribution in [0.25, 0.3) is 11.1 Å². The Morgan fingerprint density at radius 2 is 1.45 bits per heavy atom. The minimum Gasteiger partial charge on any atom is -0.264 e. The normalized spacial score (nSPS) is 11.5. The summed E-state index contributed by atoms with van der Waals surface area (Å²) in [5.41, 5.74) is 3.08. The summed E-state index contributed by atoms with van der Waals surface area (Å²) in [6, 6.07) is 14.3. The van der Waals surface area contributed by atoms with Crippen molar-refractivity contribution in [3.8, 4) is 11.1 Å². The van der Waals surface area contributed by atoms with E-state index in [1.165, 1.54) is 12.1 Å². The maximum atomic E-state index is 12.0. The molecule has 2 rings (SSSR count). The second-order valence-corrected chi connectivity index (χ2v) is 5.97. The number of aryl methyl sites for hydroxylation is 1. The molecule has 2 aromatic carbocycles. The molecule has 0 fully saturated rings. The van der Waals surface area contributed by atoms with Crippen molar-refractivity contribution >= 4 is 10.1 Å². The van der Waals surface area contributed by atoms with E-state index in [1.807, 2.05) is 31.2 Å². The van der Waals surface area contributed by atoms with Gasteiger partial charge in [0.2, 0.25) is 0 Å². The van der Waals surface area contributed by atoms with Gasteiger partial charge < -0.3 is 0 Å². The van der Waals surface area contributed by atoms with E-state index in [2.05, 4.69) is 4.18 Å². The average Bonchev–Trinajstić information content (AvgIpc) is 2.46. The first-order valence-electron chi connectivity index (χ1n) is 6.15. The van der Waals surface area contributed by atoms with Crippen LogP contribution < -0.4 is 0 Å². The van der Waals surface area contributed by atoms with E-state index < -0.39 is 23.4 Å². The molecule has 2 aromatic rings. The van der Waals surface area contributed by atoms with Gasteiger partial charge in [-0.05, 0) is 30.2 Å². The summed E-state index contributed by atoms with van der Waals surface area (Å²) in [4.78, 5) is 0.0295. The Kier molecular flexibility index (Phi) is 4.52. The molecule has 0 amide bonds. The van der Waals surface area contributed by atoms with E-state index in [-0.39, 0.29) is 4.90 Å². The quantitative estimate of drug-likeness (QED) is 0.794. The lowest BCUT2D eigenvalue weighted by atomic mass is 10.0. The summed E-state index contributed by atoms with van der Waals surface area (Å²) in [7, 11) is -3.87. The van der Waals surface area contributed by atoms with Crippen molar-refractivity contribution in [1.29, 1.82) is 0 Å². The third-order valence-electron chi connectivity index (χ3n) is 2.84. The standard InChI is InChI=1S/C15H15FO3S/c1-12-2-4-13(5-3-12)14-6-8-15(9-7-14)20(17,18)19-11-10-16/h2-9H,10-11H2,1H3. The van der Waals surface area contributed by atoms with Gasteiger partial charge in [0.15, 0.2) is 0 Å². The highest BCUT2D eigenvalue weighted by atomic mass is 32.2. The van der Waals surface area contributed by atoms with E-state index in [0.29, 0.717) is 0 Å². The Morgan fingerprint density at radius 1 is 0.950 bits per heavy atom. The Balaban J connectivity index is 2.24. The molecule has 0 atom stereocenters. The van der Waals surface area contributed by atoms with E-state index in [9.17, 15) is 12.8 Å². The molecule has 0 unspecified atom stereocenters. The van der Waals surface area contributed by atoms with Crippen LogP contribution in [0.1, 0.15) is 5.56 Å². The zero-order valence-electron chi connectivity index (χ0n) is 11.0. The van der Waals surface area contributed by atoms with Crippen LogP contribution in [0.4, 0.5) is 4.39 Å². The third kappa shape index (κ3) is 3.43. The van der Waals surface area contributed by atoms with Crippen LogP contribution in [-0.2, 0) is 14.3 Å². The molecule has 0 aliphatic carbocycles. The van der Waals surface area contributed by atoms with Crippen LogP contribution in [0.15, 0.2) is 53.4 Å². The van der Waals surface area contributed by atoms with Gasteiger partial charge in [0, 0.05) is 0 Å². The van der Waals surface area contributed by atoms with Crippen LogP contribution in [0.2, 0.25) is 0 Å². The minimum atomic E-state index is -3.87. The Labute approximate surface area is 118 Å². The predicted molar refractivity (Wildman–Crippen MR) is 75.7 cm³/mol. The summed E-state index contributed by atoms with van der Waals surface area (Å²) in [6.45, 7) is 0.713. The van der Waals surface area contributed by atoms with Crippen LogP contribution in [0, 0.1) is 6.92 Å². The van der Waals surface area contributed by atoms with E-state index in [0.717, 1.165) is 16.7 Å². The number of halogens is 1. The number of hydrogen-bond donors (Lipinski definition) is 0. The lowest BCUT2D eigenvalue weighted by molar-refractivity contribution is 0.277. The SMILES string of the molecule is Cc1ccc(-c2ccc(S(=O)(=O)OCCF)cc2)cc1. The molecular formula is C15H15FO3S. The lowest BCUT2D eigenvalue weighted by Gasteiger charge is -2.06. The molecule has 20 heavy (non-hydrogen) atoms. The van der Waals surface area contributed by atoms with Gasteiger partial charge in [0.1, 0.15) is 6.67 Å². The van der Waals surface area contributed by atoms with Gasteiger partial charge in [-0.3, -0.25) is 4.18 Å². The van der Waals surface area contributed by atoms with E-state index >= 15 is 0 Å². The molecule has 3 nitrogen and oxygen atoms in total. The lowest BCUT2D eigenvalue weighted by Crippen LogP contribution is -2.08. The summed E-state index contributed by atoms with van der Waals surface area (Å²) in [6.07, 6.45) is 0. The molecule has 0 N–H and O–H groups in total. The molecule has 0 aliphatic heterocycles. The van der Waals surface area contributed by atoms with Gasteiger partial charge >= 0.3 is 0 Å². The number of alkyl halides is 1. The Morgan fingerprint density at radius 3 is 1.95 bits per heavy atom. The van der Waals surface area contributed by atoms with Gasteiger partial charge in [-0.25, -0.2) is 4.39 Å². The molecule has 0 spiro atoms. The van der Waals surface area contributed by atoms with Crippen molar-refractivity contribution in [3.05, 3.63) is 54.1 Å². The Hall–Kier alpha value is -1.72. The van der Waals surface area contributed by atoms with E-state index in [1.54, 1.807) is 12.1 Å². The first-order chi connectivity index (χ1) is 9.53. The summed E-state index contributed by atoms with van der Waals surface area (Å²) < 4.78 is 39.9. The molecule has 0 saturated heterocycles. The molecule has 0 bridgehead atoms. The molecule has 0 aromatic heterocycles. The number of benzene rings is 2. The van der Waals surface area contributed by atoms with Crippen LogP contribution in [0.3, 0.4) is 0 Å². The summed E-state index contributed by atoms with van der Waals surface area (Å²) in [5, 5.41) is 0. The van der Waals surface area contributed by atoms with Gasteiger partial charge in [-0.15, -0.1) is 0 Å². The van der Waals surface area contributed by atoms with Gasteiger partial charge in [0.25, 0.3) is 10.1 Å². The van der Waals surface area contributed by atoms with Crippen LogP contribution in [-0.4, -0.2) is 21.7 Å². The molecular weight excluding hydrogens is 279 g/mol. The second-order valence-electron chi connectivity index (χ2n) is 4.36. The molecule has 0 heterocycles. The van der Waals surface area contributed by atoms with Gasteiger partial charge in [0.05, 0.1) is 11.5 Å². The van der Waals surface area contributed by atoms with Crippen molar-refractivity contribution in [2.75, 3.05) is 13.3 Å². The summed E-state index contributed by atoms with van der Waals surface area (Å²) in [5.74, 6) is 0. The molecule has 0 aliphatic rings. The molecule has 5 heteroatoms. The first-order valence-corrected chi connectivity index (χ1v) is 7.56. The fraction of sp³-hybridized carbons (Fsp3) is 0.200. The fourth-order valence-electron chi connectivity index (χ4n) is 1.77. The third-order valence-corrected chi connectivity index (χ3v) is 4.17. The first kappa shape index (κ1) is 14.7. The molecule has 0 saturated carbocycles. The average molecular weight is 294 g/mol. The largest absolute Gasteiger partial charge is 0.297 e. The van der Waals surface area contributed by atoms with Crippen molar-refractivity contribution in [3.63, 3.8) is 0 Å². The highest BCUT2D eigenvalue weighted by molar-refractivity contribution is 7.86. The molecule has 106 valence electrons. The summed E-state index contributed by atoms with van der Waals surface area (Å²) >= 11 is 0. The number of rotatable bonds is 5. The highest BCUT2D eigenvalue weighted by Crippen LogP contribution is 2.22. The van der Waals surface area contributed by atoms with Crippen molar-refractivity contribution < 1.29 is 17.0 Å². The maximum Gasteiger partial charge on any atom is 0.297 e. The zero-order valence-corrected chi connectivity index (χ0v) is 11.9. The van der Waals surface area contributed by atoms with Gasteiger partial charge in [-0.2, -0.15) is 8.42 Å². The van der Waals surface area contributed by atoms with Crippen LogP contribution in [0.5, 0.6) is 0 Å². The monoisotopic (exact) mass is 294 g/mol. The van der Waals surface area contributed by atoms with Crippen LogP contribution >= 0.6 is 0 Å². The van der Waals surface area contributed by atoms with Crippen molar-refractivity contribution in [2.24, 2.45) is 0 Å². The second kappa shape index (κ2) is 6.15. The predicted octanol–water partition coefficient (Wildman–Crippen LogP) is 3.34. The molecule has 0 radical (unpaired) electrons. The minimum absolute atomic E-state index is 0.0295. The number of hydrogen-bond acceptors (Lipinski definition) is 3. The Bertz CT molecular complexity index is 661. The highest BCUT2D eigenvalue weighted by Gasteiger charge is 2.14. The topological polar surface area (TPSA) is 43.4 Å². The smallest absolute Gasteiger partial charge is 0.264 e. The maximum absolute atomic E-state index is 12.0. The van der Waals surface area contributed by atoms with Gasteiger partial charge in [-0.1, -0.05) is 42.0 Å².